The Morgan fingerprint density at radius 1 is 1.42 bits per heavy atom. The molecule has 0 saturated carbocycles. The number of anilines is 1. The molecule has 0 aliphatic heterocycles. The van der Waals surface area contributed by atoms with Crippen LogP contribution in [0.1, 0.15) is 28.9 Å². The van der Waals surface area contributed by atoms with E-state index >= 15 is 0 Å². The molecule has 2 aromatic rings. The van der Waals surface area contributed by atoms with Crippen molar-refractivity contribution >= 4 is 23.2 Å². The Balaban J connectivity index is 2.15. The number of halogens is 1. The molecular weight excluding hydrogens is 264 g/mol. The van der Waals surface area contributed by atoms with Crippen LogP contribution in [0.2, 0.25) is 5.15 Å². The maximum Gasteiger partial charge on any atom is 0.254 e. The highest BCUT2D eigenvalue weighted by Gasteiger charge is 2.15. The first-order valence-electron chi connectivity index (χ1n) is 5.69. The lowest BCUT2D eigenvalue weighted by Gasteiger charge is -2.14. The fourth-order valence-corrected chi connectivity index (χ4v) is 1.82. The number of amides is 1. The van der Waals surface area contributed by atoms with Crippen molar-refractivity contribution in [2.75, 3.05) is 5.73 Å². The molecule has 1 amide bonds. The van der Waals surface area contributed by atoms with Crippen molar-refractivity contribution in [3.63, 3.8) is 0 Å². The molecule has 6 heteroatoms. The van der Waals surface area contributed by atoms with E-state index < -0.39 is 0 Å². The zero-order chi connectivity index (χ0) is 13.8. The van der Waals surface area contributed by atoms with Crippen LogP contribution in [0.4, 0.5) is 5.69 Å². The maximum atomic E-state index is 12.1. The van der Waals surface area contributed by atoms with Gasteiger partial charge in [-0.15, -0.1) is 0 Å². The Morgan fingerprint density at radius 3 is 2.79 bits per heavy atom. The van der Waals surface area contributed by atoms with Crippen LogP contribution >= 0.6 is 11.6 Å². The Labute approximate surface area is 115 Å². The molecule has 2 rings (SSSR count). The van der Waals surface area contributed by atoms with Gasteiger partial charge in [0.05, 0.1) is 23.5 Å². The van der Waals surface area contributed by atoms with Crippen molar-refractivity contribution in [3.8, 4) is 0 Å². The summed E-state index contributed by atoms with van der Waals surface area (Å²) in [5.41, 5.74) is 7.21. The normalized spacial score (nSPS) is 11.9. The number of carbonyl (C=O) groups is 1. The second-order valence-electron chi connectivity index (χ2n) is 4.08. The summed E-state index contributed by atoms with van der Waals surface area (Å²) in [6.07, 6.45) is 4.76. The molecule has 1 atom stereocenters. The van der Waals surface area contributed by atoms with Crippen LogP contribution in [-0.2, 0) is 0 Å². The predicted molar refractivity (Wildman–Crippen MR) is 73.8 cm³/mol. The van der Waals surface area contributed by atoms with Gasteiger partial charge in [-0.05, 0) is 30.7 Å². The Hall–Kier alpha value is -2.14. The van der Waals surface area contributed by atoms with Crippen LogP contribution in [0.5, 0.6) is 0 Å². The van der Waals surface area contributed by atoms with Crippen molar-refractivity contribution in [3.05, 3.63) is 53.1 Å². The van der Waals surface area contributed by atoms with Gasteiger partial charge in [-0.3, -0.25) is 9.78 Å². The fourth-order valence-electron chi connectivity index (χ4n) is 1.63. The van der Waals surface area contributed by atoms with Crippen molar-refractivity contribution in [2.24, 2.45) is 0 Å². The summed E-state index contributed by atoms with van der Waals surface area (Å²) in [4.78, 5) is 19.9. The molecule has 3 N–H and O–H groups in total. The van der Waals surface area contributed by atoms with Crippen molar-refractivity contribution in [1.82, 2.24) is 15.3 Å². The van der Waals surface area contributed by atoms with E-state index in [-0.39, 0.29) is 22.7 Å². The zero-order valence-corrected chi connectivity index (χ0v) is 11.1. The number of aromatic nitrogens is 2. The third-order valence-electron chi connectivity index (χ3n) is 2.66. The van der Waals surface area contributed by atoms with Crippen LogP contribution < -0.4 is 11.1 Å². The minimum absolute atomic E-state index is 0.133. The minimum atomic E-state index is -0.311. The lowest BCUT2D eigenvalue weighted by Crippen LogP contribution is -2.27. The summed E-state index contributed by atoms with van der Waals surface area (Å²) in [5, 5.41) is 2.97. The Morgan fingerprint density at radius 2 is 2.11 bits per heavy atom. The number of carbonyl (C=O) groups excluding carboxylic acids is 1. The number of hydrogen-bond donors (Lipinski definition) is 2. The lowest BCUT2D eigenvalue weighted by molar-refractivity contribution is 0.0939. The molecule has 0 radical (unpaired) electrons. The number of pyridine rings is 2. The van der Waals surface area contributed by atoms with Gasteiger partial charge in [0.1, 0.15) is 5.15 Å². The molecule has 0 saturated heterocycles. The molecule has 0 aliphatic carbocycles. The monoisotopic (exact) mass is 276 g/mol. The average Bonchev–Trinajstić information content (AvgIpc) is 2.42. The van der Waals surface area contributed by atoms with E-state index in [1.807, 2.05) is 19.1 Å². The summed E-state index contributed by atoms with van der Waals surface area (Å²) >= 11 is 5.88. The van der Waals surface area contributed by atoms with Crippen LogP contribution in [0.3, 0.4) is 0 Å². The summed E-state index contributed by atoms with van der Waals surface area (Å²) < 4.78 is 0. The summed E-state index contributed by atoms with van der Waals surface area (Å²) in [6, 6.07) is 5.02. The van der Waals surface area contributed by atoms with E-state index in [1.165, 1.54) is 12.3 Å². The molecule has 0 aromatic carbocycles. The van der Waals surface area contributed by atoms with Gasteiger partial charge in [0, 0.05) is 12.4 Å². The second kappa shape index (κ2) is 5.67. The number of nitrogens with one attached hydrogen (secondary N) is 1. The van der Waals surface area contributed by atoms with Gasteiger partial charge in [0.2, 0.25) is 0 Å². The highest BCUT2D eigenvalue weighted by Crippen LogP contribution is 2.17. The van der Waals surface area contributed by atoms with Gasteiger partial charge >= 0.3 is 0 Å². The average molecular weight is 277 g/mol. The van der Waals surface area contributed by atoms with Gasteiger partial charge in [-0.1, -0.05) is 11.6 Å². The van der Waals surface area contributed by atoms with E-state index in [0.29, 0.717) is 5.69 Å². The van der Waals surface area contributed by atoms with E-state index in [1.54, 1.807) is 12.4 Å². The summed E-state index contributed by atoms with van der Waals surface area (Å²) in [7, 11) is 0. The standard InChI is InChI=1S/C13H13ClN4O/c1-8(9-2-4-16-5-3-9)18-13(19)11-6-10(15)7-17-12(11)14/h2-8H,15H2,1H3,(H,18,19). The largest absolute Gasteiger partial charge is 0.397 e. The summed E-state index contributed by atoms with van der Waals surface area (Å²) in [5.74, 6) is -0.311. The molecule has 19 heavy (non-hydrogen) atoms. The number of rotatable bonds is 3. The number of nitrogen functional groups attached to an aromatic ring is 1. The van der Waals surface area contributed by atoms with Crippen molar-refractivity contribution in [1.29, 1.82) is 0 Å². The van der Waals surface area contributed by atoms with Crippen LogP contribution in [0.15, 0.2) is 36.8 Å². The quantitative estimate of drug-likeness (QED) is 0.842. The van der Waals surface area contributed by atoms with Crippen molar-refractivity contribution < 1.29 is 4.79 Å². The Bertz CT molecular complexity index is 588. The van der Waals surface area contributed by atoms with Gasteiger partial charge in [-0.2, -0.15) is 0 Å². The van der Waals surface area contributed by atoms with Crippen molar-refractivity contribution in [2.45, 2.75) is 13.0 Å². The smallest absolute Gasteiger partial charge is 0.254 e. The number of nitrogens with zero attached hydrogens (tertiary/aromatic N) is 2. The Kier molecular flexibility index (Phi) is 3.97. The molecule has 98 valence electrons. The van der Waals surface area contributed by atoms with Gasteiger partial charge < -0.3 is 11.1 Å². The first-order valence-corrected chi connectivity index (χ1v) is 6.07. The highest BCUT2D eigenvalue weighted by atomic mass is 35.5. The highest BCUT2D eigenvalue weighted by molar-refractivity contribution is 6.32. The topological polar surface area (TPSA) is 80.9 Å². The molecule has 1 unspecified atom stereocenters. The zero-order valence-electron chi connectivity index (χ0n) is 10.3. The third kappa shape index (κ3) is 3.20. The summed E-state index contributed by atoms with van der Waals surface area (Å²) in [6.45, 7) is 1.88. The SMILES string of the molecule is CC(NC(=O)c1cc(N)cnc1Cl)c1ccncc1. The molecule has 5 nitrogen and oxygen atoms in total. The van der Waals surface area contributed by atoms with Gasteiger partial charge in [0.15, 0.2) is 0 Å². The molecule has 0 spiro atoms. The molecule has 2 aromatic heterocycles. The number of hydrogen-bond acceptors (Lipinski definition) is 4. The first kappa shape index (κ1) is 13.3. The lowest BCUT2D eigenvalue weighted by atomic mass is 10.1. The molecule has 2 heterocycles. The molecule has 0 fully saturated rings. The molecular formula is C13H13ClN4O. The van der Waals surface area contributed by atoms with Crippen LogP contribution in [0, 0.1) is 0 Å². The number of nitrogens with two attached hydrogens (primary N) is 1. The van der Waals surface area contributed by atoms with Crippen LogP contribution in [0.25, 0.3) is 0 Å². The maximum absolute atomic E-state index is 12.1. The van der Waals surface area contributed by atoms with E-state index in [2.05, 4.69) is 15.3 Å². The van der Waals surface area contributed by atoms with E-state index in [9.17, 15) is 4.79 Å². The van der Waals surface area contributed by atoms with E-state index in [4.69, 9.17) is 17.3 Å². The fraction of sp³-hybridized carbons (Fsp3) is 0.154. The van der Waals surface area contributed by atoms with Gasteiger partial charge in [-0.25, -0.2) is 4.98 Å². The second-order valence-corrected chi connectivity index (χ2v) is 4.44. The van der Waals surface area contributed by atoms with Gasteiger partial charge in [0.25, 0.3) is 5.91 Å². The third-order valence-corrected chi connectivity index (χ3v) is 2.96. The minimum Gasteiger partial charge on any atom is -0.397 e. The van der Waals surface area contributed by atoms with Crippen LogP contribution in [-0.4, -0.2) is 15.9 Å². The first-order chi connectivity index (χ1) is 9.08. The van der Waals surface area contributed by atoms with E-state index in [0.717, 1.165) is 5.56 Å². The molecule has 0 bridgehead atoms. The predicted octanol–water partition coefficient (Wildman–Crippen LogP) is 2.20. The molecule has 0 aliphatic rings.